The Hall–Kier alpha value is -1.51. The van der Waals surface area contributed by atoms with Crippen LogP contribution in [0.15, 0.2) is 45.8 Å². The fourth-order valence-corrected chi connectivity index (χ4v) is 3.09. The minimum Gasteiger partial charge on any atom is -0.326 e. The molecule has 2 rings (SSSR count). The number of hydrogen-bond donors (Lipinski definition) is 2. The Morgan fingerprint density at radius 3 is 2.52 bits per heavy atom. The second kappa shape index (κ2) is 6.08. The normalized spacial score (nSPS) is 11.4. The summed E-state index contributed by atoms with van der Waals surface area (Å²) in [7, 11) is -4.03. The highest BCUT2D eigenvalue weighted by Crippen LogP contribution is 2.25. The molecular weight excluding hydrogens is 366 g/mol. The Morgan fingerprint density at radius 2 is 1.86 bits per heavy atom. The first-order chi connectivity index (χ1) is 9.83. The van der Waals surface area contributed by atoms with Gasteiger partial charge in [-0.2, -0.15) is 0 Å². The lowest BCUT2D eigenvalue weighted by molar-refractivity contribution is 0.591. The summed E-state index contributed by atoms with van der Waals surface area (Å²) in [6.45, 7) is 0.171. The summed E-state index contributed by atoms with van der Waals surface area (Å²) in [5.41, 5.74) is 5.59. The summed E-state index contributed by atoms with van der Waals surface area (Å²) in [6, 6.07) is 7.52. The number of nitrogens with two attached hydrogens (primary N) is 1. The molecule has 4 nitrogen and oxygen atoms in total. The molecule has 112 valence electrons. The molecule has 0 bridgehead atoms. The Kier molecular flexibility index (Phi) is 4.60. The van der Waals surface area contributed by atoms with Gasteiger partial charge in [0.05, 0.1) is 15.1 Å². The highest BCUT2D eigenvalue weighted by Gasteiger charge is 2.18. The first-order valence-corrected chi connectivity index (χ1v) is 8.07. The van der Waals surface area contributed by atoms with E-state index in [2.05, 4.69) is 15.9 Å². The molecule has 0 amide bonds. The third-order valence-corrected chi connectivity index (χ3v) is 4.67. The first-order valence-electron chi connectivity index (χ1n) is 5.80. The van der Waals surface area contributed by atoms with Crippen LogP contribution in [0.4, 0.5) is 14.5 Å². The molecule has 0 fully saturated rings. The Bertz CT molecular complexity index is 782. The van der Waals surface area contributed by atoms with E-state index in [9.17, 15) is 17.2 Å². The van der Waals surface area contributed by atoms with Crippen LogP contribution < -0.4 is 10.5 Å². The molecule has 0 saturated heterocycles. The Balaban J connectivity index is 2.39. The molecule has 0 spiro atoms. The van der Waals surface area contributed by atoms with E-state index in [1.807, 2.05) is 4.72 Å². The van der Waals surface area contributed by atoms with E-state index < -0.39 is 27.3 Å². The second-order valence-electron chi connectivity index (χ2n) is 4.20. The maximum Gasteiger partial charge on any atom is 0.261 e. The molecule has 0 aromatic heterocycles. The molecule has 0 heterocycles. The van der Waals surface area contributed by atoms with Gasteiger partial charge in [-0.1, -0.05) is 12.1 Å². The van der Waals surface area contributed by atoms with Gasteiger partial charge in [-0.15, -0.1) is 0 Å². The third kappa shape index (κ3) is 3.58. The zero-order valence-corrected chi connectivity index (χ0v) is 13.0. The zero-order valence-electron chi connectivity index (χ0n) is 10.6. The van der Waals surface area contributed by atoms with Crippen LogP contribution in [-0.2, 0) is 16.6 Å². The van der Waals surface area contributed by atoms with Gasteiger partial charge in [0.25, 0.3) is 10.0 Å². The quantitative estimate of drug-likeness (QED) is 0.805. The predicted octanol–water partition coefficient (Wildman–Crippen LogP) is 2.99. The molecule has 2 aromatic rings. The van der Waals surface area contributed by atoms with Crippen molar-refractivity contribution in [2.24, 2.45) is 5.73 Å². The molecule has 3 N–H and O–H groups in total. The fourth-order valence-electron chi connectivity index (χ4n) is 1.64. The number of hydrogen-bond acceptors (Lipinski definition) is 3. The van der Waals surface area contributed by atoms with E-state index in [1.165, 1.54) is 18.2 Å². The lowest BCUT2D eigenvalue weighted by Crippen LogP contribution is -2.14. The fraction of sp³-hybridized carbons (Fsp3) is 0.0769. The molecule has 2 aromatic carbocycles. The maximum atomic E-state index is 13.7. The van der Waals surface area contributed by atoms with Crippen molar-refractivity contribution in [2.75, 3.05) is 4.72 Å². The van der Waals surface area contributed by atoms with Gasteiger partial charge < -0.3 is 5.73 Å². The van der Waals surface area contributed by atoms with Gasteiger partial charge >= 0.3 is 0 Å². The van der Waals surface area contributed by atoms with Crippen LogP contribution in [0.3, 0.4) is 0 Å². The van der Waals surface area contributed by atoms with Crippen LogP contribution in [-0.4, -0.2) is 8.42 Å². The second-order valence-corrected chi connectivity index (χ2v) is 6.74. The predicted molar refractivity (Wildman–Crippen MR) is 79.2 cm³/mol. The highest BCUT2D eigenvalue weighted by atomic mass is 79.9. The molecule has 0 aliphatic rings. The molecule has 0 saturated carbocycles. The summed E-state index contributed by atoms with van der Waals surface area (Å²) in [6.07, 6.45) is 0. The monoisotopic (exact) mass is 376 g/mol. The Morgan fingerprint density at radius 1 is 1.14 bits per heavy atom. The summed E-state index contributed by atoms with van der Waals surface area (Å²) in [4.78, 5) is -0.0758. The van der Waals surface area contributed by atoms with Crippen molar-refractivity contribution in [1.82, 2.24) is 0 Å². The Labute approximate surface area is 129 Å². The number of nitrogens with one attached hydrogen (secondary N) is 1. The van der Waals surface area contributed by atoms with Crippen LogP contribution >= 0.6 is 15.9 Å². The molecule has 0 radical (unpaired) electrons. The smallest absolute Gasteiger partial charge is 0.261 e. The van der Waals surface area contributed by atoms with E-state index in [4.69, 9.17) is 5.73 Å². The minimum atomic E-state index is -4.03. The van der Waals surface area contributed by atoms with Crippen molar-refractivity contribution in [3.05, 3.63) is 58.1 Å². The van der Waals surface area contributed by atoms with E-state index in [-0.39, 0.29) is 15.9 Å². The largest absolute Gasteiger partial charge is 0.326 e. The van der Waals surface area contributed by atoms with Crippen molar-refractivity contribution in [1.29, 1.82) is 0 Å². The molecule has 8 heteroatoms. The number of sulfonamides is 1. The zero-order chi connectivity index (χ0) is 15.6. The standard InChI is InChI=1S/C13H11BrF2N2O2S/c14-10-5-12(16)13(6-11(10)15)18-21(19,20)9-3-1-2-8(4-9)7-17/h1-6,18H,7,17H2. The molecule has 21 heavy (non-hydrogen) atoms. The van der Waals surface area contributed by atoms with Crippen molar-refractivity contribution >= 4 is 31.6 Å². The summed E-state index contributed by atoms with van der Waals surface area (Å²) in [5, 5.41) is 0. The van der Waals surface area contributed by atoms with Gasteiger partial charge in [0.15, 0.2) is 0 Å². The van der Waals surface area contributed by atoms with Gasteiger partial charge in [-0.25, -0.2) is 17.2 Å². The van der Waals surface area contributed by atoms with Crippen molar-refractivity contribution < 1.29 is 17.2 Å². The van der Waals surface area contributed by atoms with Gasteiger partial charge in [0.1, 0.15) is 11.6 Å². The van der Waals surface area contributed by atoms with Crippen LogP contribution in [0, 0.1) is 11.6 Å². The van der Waals surface area contributed by atoms with Gasteiger partial charge in [-0.05, 0) is 39.7 Å². The molecule has 0 aliphatic carbocycles. The van der Waals surface area contributed by atoms with E-state index >= 15 is 0 Å². The third-order valence-electron chi connectivity index (χ3n) is 2.70. The molecule has 0 atom stereocenters. The SMILES string of the molecule is NCc1cccc(S(=O)(=O)Nc2cc(F)c(Br)cc2F)c1. The summed E-state index contributed by atoms with van der Waals surface area (Å²) in [5.74, 6) is -1.66. The minimum absolute atomic E-state index is 0.0758. The highest BCUT2D eigenvalue weighted by molar-refractivity contribution is 9.10. The van der Waals surface area contributed by atoms with Crippen LogP contribution in [0.5, 0.6) is 0 Å². The molecule has 0 unspecified atom stereocenters. The topological polar surface area (TPSA) is 72.2 Å². The lowest BCUT2D eigenvalue weighted by Gasteiger charge is -2.10. The number of rotatable bonds is 4. The van der Waals surface area contributed by atoms with Crippen molar-refractivity contribution in [3.8, 4) is 0 Å². The van der Waals surface area contributed by atoms with Crippen LogP contribution in [0.25, 0.3) is 0 Å². The molecular formula is C13H11BrF2N2O2S. The maximum absolute atomic E-state index is 13.7. The van der Waals surface area contributed by atoms with Gasteiger partial charge in [-0.3, -0.25) is 4.72 Å². The average molecular weight is 377 g/mol. The summed E-state index contributed by atoms with van der Waals surface area (Å²) < 4.78 is 53.3. The lowest BCUT2D eigenvalue weighted by atomic mass is 10.2. The van der Waals surface area contributed by atoms with E-state index in [0.717, 1.165) is 12.1 Å². The van der Waals surface area contributed by atoms with Crippen LogP contribution in [0.1, 0.15) is 5.56 Å². The van der Waals surface area contributed by atoms with E-state index in [1.54, 1.807) is 6.07 Å². The number of halogens is 3. The van der Waals surface area contributed by atoms with Gasteiger partial charge in [0, 0.05) is 12.6 Å². The first kappa shape index (κ1) is 15.9. The molecule has 0 aliphatic heterocycles. The van der Waals surface area contributed by atoms with Crippen molar-refractivity contribution in [3.63, 3.8) is 0 Å². The van der Waals surface area contributed by atoms with Gasteiger partial charge in [0.2, 0.25) is 0 Å². The number of anilines is 1. The van der Waals surface area contributed by atoms with Crippen LogP contribution in [0.2, 0.25) is 0 Å². The van der Waals surface area contributed by atoms with E-state index in [0.29, 0.717) is 5.56 Å². The number of benzene rings is 2. The van der Waals surface area contributed by atoms with Crippen molar-refractivity contribution in [2.45, 2.75) is 11.4 Å². The average Bonchev–Trinajstić information content (AvgIpc) is 2.44. The summed E-state index contributed by atoms with van der Waals surface area (Å²) >= 11 is 2.82.